The molecular formula is C14H19N3O2. The van der Waals surface area contributed by atoms with Crippen molar-refractivity contribution in [1.29, 1.82) is 0 Å². The Labute approximate surface area is 113 Å². The van der Waals surface area contributed by atoms with Crippen molar-refractivity contribution < 1.29 is 9.47 Å². The molecule has 0 saturated carbocycles. The molecule has 102 valence electrons. The molecule has 3 heterocycles. The highest BCUT2D eigenvalue weighted by Gasteiger charge is 2.32. The summed E-state index contributed by atoms with van der Waals surface area (Å²) in [6.45, 7) is 7.21. The minimum Gasteiger partial charge on any atom is -0.454 e. The van der Waals surface area contributed by atoms with E-state index in [4.69, 9.17) is 9.47 Å². The summed E-state index contributed by atoms with van der Waals surface area (Å²) in [6, 6.07) is 6.95. The molecule has 0 unspecified atom stereocenters. The highest BCUT2D eigenvalue weighted by molar-refractivity contribution is 5.58. The maximum atomic E-state index is 5.43. The van der Waals surface area contributed by atoms with Gasteiger partial charge in [-0.1, -0.05) is 0 Å². The van der Waals surface area contributed by atoms with Crippen LogP contribution in [-0.4, -0.2) is 57.0 Å². The van der Waals surface area contributed by atoms with Crippen molar-refractivity contribution in [3.63, 3.8) is 0 Å². The predicted molar refractivity (Wildman–Crippen MR) is 73.0 cm³/mol. The first-order chi connectivity index (χ1) is 9.40. The second-order valence-corrected chi connectivity index (χ2v) is 5.38. The molecule has 1 N–H and O–H groups in total. The minimum absolute atomic E-state index is 0.349. The molecule has 5 nitrogen and oxygen atoms in total. The first-order valence-electron chi connectivity index (χ1n) is 6.99. The summed E-state index contributed by atoms with van der Waals surface area (Å²) in [5.74, 6) is 1.74. The zero-order chi connectivity index (χ0) is 12.7. The quantitative estimate of drug-likeness (QED) is 0.839. The molecule has 19 heavy (non-hydrogen) atoms. The number of ether oxygens (including phenoxy) is 2. The van der Waals surface area contributed by atoms with Crippen molar-refractivity contribution in [3.8, 4) is 11.5 Å². The zero-order valence-electron chi connectivity index (χ0n) is 11.0. The lowest BCUT2D eigenvalue weighted by molar-refractivity contribution is 0.147. The molecule has 1 aromatic rings. The number of anilines is 1. The van der Waals surface area contributed by atoms with Crippen LogP contribution in [0.4, 0.5) is 5.69 Å². The van der Waals surface area contributed by atoms with Gasteiger partial charge < -0.3 is 19.7 Å². The SMILES string of the molecule is c1cc2c(cc1N1CC(N3CCNCC3)C1)OCO2. The van der Waals surface area contributed by atoms with Crippen LogP contribution in [-0.2, 0) is 0 Å². The molecule has 3 aliphatic rings. The van der Waals surface area contributed by atoms with Crippen LogP contribution in [0, 0.1) is 0 Å². The lowest BCUT2D eigenvalue weighted by Crippen LogP contribution is -2.62. The molecule has 0 bridgehead atoms. The first kappa shape index (κ1) is 11.4. The Morgan fingerprint density at radius 3 is 2.68 bits per heavy atom. The number of nitrogens with zero attached hydrogens (tertiary/aromatic N) is 2. The van der Waals surface area contributed by atoms with Crippen molar-refractivity contribution >= 4 is 5.69 Å². The smallest absolute Gasteiger partial charge is 0.231 e. The number of hydrogen-bond donors (Lipinski definition) is 1. The number of hydrogen-bond acceptors (Lipinski definition) is 5. The van der Waals surface area contributed by atoms with E-state index in [1.807, 2.05) is 6.07 Å². The Bertz CT molecular complexity index is 468. The van der Waals surface area contributed by atoms with E-state index in [1.165, 1.54) is 18.8 Å². The van der Waals surface area contributed by atoms with Gasteiger partial charge in [0.05, 0.1) is 0 Å². The third kappa shape index (κ3) is 2.03. The highest BCUT2D eigenvalue weighted by atomic mass is 16.7. The van der Waals surface area contributed by atoms with E-state index in [9.17, 15) is 0 Å². The molecule has 1 aromatic carbocycles. The first-order valence-corrected chi connectivity index (χ1v) is 6.99. The lowest BCUT2D eigenvalue weighted by atomic mass is 10.0. The fourth-order valence-electron chi connectivity index (χ4n) is 3.03. The van der Waals surface area contributed by atoms with Crippen LogP contribution in [0.15, 0.2) is 18.2 Å². The van der Waals surface area contributed by atoms with Crippen molar-refractivity contribution in [2.24, 2.45) is 0 Å². The summed E-state index contributed by atoms with van der Waals surface area (Å²) in [5, 5.41) is 3.40. The molecule has 0 aliphatic carbocycles. The highest BCUT2D eigenvalue weighted by Crippen LogP contribution is 2.36. The molecule has 0 aromatic heterocycles. The summed E-state index contributed by atoms with van der Waals surface area (Å²) in [5.41, 5.74) is 1.25. The number of rotatable bonds is 2. The van der Waals surface area contributed by atoms with E-state index in [-0.39, 0.29) is 0 Å². The predicted octanol–water partition coefficient (Wildman–Crippen LogP) is 0.509. The standard InChI is InChI=1S/C14H19N3O2/c1-2-13-14(19-10-18-13)7-11(1)17-8-12(9-17)16-5-3-15-4-6-16/h1-2,7,12,15H,3-6,8-10H2. The topological polar surface area (TPSA) is 37.0 Å². The van der Waals surface area contributed by atoms with Crippen LogP contribution in [0.1, 0.15) is 0 Å². The van der Waals surface area contributed by atoms with E-state index < -0.39 is 0 Å². The van der Waals surface area contributed by atoms with E-state index in [0.717, 1.165) is 37.7 Å². The van der Waals surface area contributed by atoms with E-state index in [0.29, 0.717) is 12.8 Å². The molecule has 2 fully saturated rings. The van der Waals surface area contributed by atoms with E-state index in [2.05, 4.69) is 27.2 Å². The molecular weight excluding hydrogens is 242 g/mol. The summed E-state index contributed by atoms with van der Waals surface area (Å²) >= 11 is 0. The number of piperazine rings is 1. The molecule has 0 amide bonds. The molecule has 0 spiro atoms. The Hall–Kier alpha value is -1.46. The molecule has 0 atom stereocenters. The molecule has 2 saturated heterocycles. The van der Waals surface area contributed by atoms with Gasteiger partial charge in [-0.2, -0.15) is 0 Å². The van der Waals surface area contributed by atoms with E-state index in [1.54, 1.807) is 0 Å². The summed E-state index contributed by atoms with van der Waals surface area (Å²) in [6.07, 6.45) is 0. The van der Waals surface area contributed by atoms with Gasteiger partial charge in [-0.15, -0.1) is 0 Å². The van der Waals surface area contributed by atoms with Gasteiger partial charge in [-0.05, 0) is 12.1 Å². The number of nitrogens with one attached hydrogen (secondary N) is 1. The zero-order valence-corrected chi connectivity index (χ0v) is 11.0. The van der Waals surface area contributed by atoms with Gasteiger partial charge >= 0.3 is 0 Å². The molecule has 3 aliphatic heterocycles. The Morgan fingerprint density at radius 1 is 1.05 bits per heavy atom. The normalized spacial score (nSPS) is 23.5. The average Bonchev–Trinajstić information content (AvgIpc) is 2.86. The maximum Gasteiger partial charge on any atom is 0.231 e. The molecule has 5 heteroatoms. The third-order valence-corrected chi connectivity index (χ3v) is 4.25. The Morgan fingerprint density at radius 2 is 1.84 bits per heavy atom. The van der Waals surface area contributed by atoms with Crippen LogP contribution < -0.4 is 19.7 Å². The Kier molecular flexibility index (Phi) is 2.74. The Balaban J connectivity index is 1.40. The molecule has 0 radical (unpaired) electrons. The monoisotopic (exact) mass is 261 g/mol. The lowest BCUT2D eigenvalue weighted by Gasteiger charge is -2.48. The van der Waals surface area contributed by atoms with Crippen LogP contribution in [0.25, 0.3) is 0 Å². The maximum absolute atomic E-state index is 5.43. The van der Waals surface area contributed by atoms with E-state index >= 15 is 0 Å². The van der Waals surface area contributed by atoms with Crippen molar-refractivity contribution in [2.45, 2.75) is 6.04 Å². The molecule has 4 rings (SSSR count). The van der Waals surface area contributed by atoms with Gasteiger partial charge in [0, 0.05) is 57.1 Å². The fraction of sp³-hybridized carbons (Fsp3) is 0.571. The second-order valence-electron chi connectivity index (χ2n) is 5.38. The van der Waals surface area contributed by atoms with Gasteiger partial charge in [0.1, 0.15) is 0 Å². The summed E-state index contributed by atoms with van der Waals surface area (Å²) in [7, 11) is 0. The van der Waals surface area contributed by atoms with Crippen molar-refractivity contribution in [3.05, 3.63) is 18.2 Å². The van der Waals surface area contributed by atoms with Crippen LogP contribution >= 0.6 is 0 Å². The summed E-state index contributed by atoms with van der Waals surface area (Å²) in [4.78, 5) is 5.01. The number of benzene rings is 1. The van der Waals surface area contributed by atoms with Crippen molar-refractivity contribution in [1.82, 2.24) is 10.2 Å². The van der Waals surface area contributed by atoms with Gasteiger partial charge in [0.2, 0.25) is 6.79 Å². The minimum atomic E-state index is 0.349. The van der Waals surface area contributed by atoms with Crippen LogP contribution in [0.2, 0.25) is 0 Å². The third-order valence-electron chi connectivity index (χ3n) is 4.25. The van der Waals surface area contributed by atoms with Gasteiger partial charge in [0.25, 0.3) is 0 Å². The second kappa shape index (κ2) is 4.58. The van der Waals surface area contributed by atoms with Crippen molar-refractivity contribution in [2.75, 3.05) is 51.0 Å². The van der Waals surface area contributed by atoms with Gasteiger partial charge in [-0.3, -0.25) is 4.90 Å². The van der Waals surface area contributed by atoms with Crippen LogP contribution in [0.3, 0.4) is 0 Å². The average molecular weight is 261 g/mol. The summed E-state index contributed by atoms with van der Waals surface area (Å²) < 4.78 is 10.8. The van der Waals surface area contributed by atoms with Crippen LogP contribution in [0.5, 0.6) is 11.5 Å². The fourth-order valence-corrected chi connectivity index (χ4v) is 3.03. The van der Waals surface area contributed by atoms with Gasteiger partial charge in [-0.25, -0.2) is 0 Å². The number of fused-ring (bicyclic) bond motifs is 1. The van der Waals surface area contributed by atoms with Gasteiger partial charge in [0.15, 0.2) is 11.5 Å². The largest absolute Gasteiger partial charge is 0.454 e.